The van der Waals surface area contributed by atoms with Gasteiger partial charge in [0, 0.05) is 19.6 Å². The molecule has 4 N–H and O–H groups in total. The molecule has 0 saturated heterocycles. The van der Waals surface area contributed by atoms with Crippen molar-refractivity contribution in [1.29, 1.82) is 0 Å². The molecule has 0 heterocycles. The second-order valence-corrected chi connectivity index (χ2v) is 5.04. The number of rotatable bonds is 6. The lowest BCUT2D eigenvalue weighted by Gasteiger charge is -2.16. The standard InChI is InChI=1S/C12H22N2O4/c1-8-2-3-9(6-8)7-13-12(18)14-10(4-5-15)11(16)17/h8-10,15H,2-7H2,1H3,(H,16,17)(H2,13,14,18)/t8?,9?,10-/m0/s1. The molecular weight excluding hydrogens is 236 g/mol. The van der Waals surface area contributed by atoms with Gasteiger partial charge in [0.1, 0.15) is 6.04 Å². The number of carbonyl (C=O) groups excluding carboxylic acids is 1. The molecule has 0 spiro atoms. The Kier molecular flexibility index (Phi) is 5.91. The number of carboxylic acid groups (broad SMARTS) is 1. The quantitative estimate of drug-likeness (QED) is 0.559. The highest BCUT2D eigenvalue weighted by Gasteiger charge is 2.23. The highest BCUT2D eigenvalue weighted by molar-refractivity contribution is 5.82. The second kappa shape index (κ2) is 7.20. The monoisotopic (exact) mass is 258 g/mol. The molecule has 2 amide bonds. The van der Waals surface area contributed by atoms with Crippen LogP contribution in [-0.2, 0) is 4.79 Å². The van der Waals surface area contributed by atoms with E-state index in [1.54, 1.807) is 0 Å². The van der Waals surface area contributed by atoms with Crippen molar-refractivity contribution in [3.63, 3.8) is 0 Å². The van der Waals surface area contributed by atoms with E-state index in [2.05, 4.69) is 17.6 Å². The highest BCUT2D eigenvalue weighted by atomic mass is 16.4. The Morgan fingerprint density at radius 1 is 1.39 bits per heavy atom. The van der Waals surface area contributed by atoms with Gasteiger partial charge < -0.3 is 20.8 Å². The fourth-order valence-electron chi connectivity index (χ4n) is 2.34. The summed E-state index contributed by atoms with van der Waals surface area (Å²) in [5, 5.41) is 22.5. The van der Waals surface area contributed by atoms with Crippen LogP contribution < -0.4 is 10.6 Å². The first kappa shape index (κ1) is 14.8. The van der Waals surface area contributed by atoms with Crippen LogP contribution in [-0.4, -0.2) is 41.4 Å². The van der Waals surface area contributed by atoms with Gasteiger partial charge in [-0.3, -0.25) is 0 Å². The zero-order valence-corrected chi connectivity index (χ0v) is 10.7. The van der Waals surface area contributed by atoms with Gasteiger partial charge in [-0.25, -0.2) is 9.59 Å². The van der Waals surface area contributed by atoms with E-state index in [0.717, 1.165) is 12.8 Å². The average Bonchev–Trinajstić information content (AvgIpc) is 2.72. The molecule has 1 aliphatic carbocycles. The number of aliphatic carboxylic acids is 1. The van der Waals surface area contributed by atoms with Crippen LogP contribution in [0.2, 0.25) is 0 Å². The lowest BCUT2D eigenvalue weighted by atomic mass is 10.1. The number of hydrogen-bond donors (Lipinski definition) is 4. The Balaban J connectivity index is 2.25. The highest BCUT2D eigenvalue weighted by Crippen LogP contribution is 2.29. The van der Waals surface area contributed by atoms with E-state index in [0.29, 0.717) is 18.4 Å². The van der Waals surface area contributed by atoms with Crippen molar-refractivity contribution < 1.29 is 19.8 Å². The molecule has 1 fully saturated rings. The lowest BCUT2D eigenvalue weighted by Crippen LogP contribution is -2.47. The van der Waals surface area contributed by atoms with Crippen LogP contribution in [0.3, 0.4) is 0 Å². The molecule has 0 radical (unpaired) electrons. The van der Waals surface area contributed by atoms with Gasteiger partial charge in [0.25, 0.3) is 0 Å². The van der Waals surface area contributed by atoms with Gasteiger partial charge in [0.2, 0.25) is 0 Å². The van der Waals surface area contributed by atoms with Crippen molar-refractivity contribution in [3.05, 3.63) is 0 Å². The number of carbonyl (C=O) groups is 2. The van der Waals surface area contributed by atoms with E-state index in [4.69, 9.17) is 10.2 Å². The van der Waals surface area contributed by atoms with Gasteiger partial charge >= 0.3 is 12.0 Å². The molecule has 104 valence electrons. The summed E-state index contributed by atoms with van der Waals surface area (Å²) < 4.78 is 0. The Morgan fingerprint density at radius 3 is 2.61 bits per heavy atom. The van der Waals surface area contributed by atoms with E-state index < -0.39 is 18.0 Å². The summed E-state index contributed by atoms with van der Waals surface area (Å²) in [6.07, 6.45) is 3.43. The number of nitrogens with one attached hydrogen (secondary N) is 2. The SMILES string of the molecule is CC1CCC(CNC(=O)N[C@@H](CCO)C(=O)O)C1. The van der Waals surface area contributed by atoms with Gasteiger partial charge in [-0.2, -0.15) is 0 Å². The first-order valence-corrected chi connectivity index (χ1v) is 6.41. The van der Waals surface area contributed by atoms with E-state index in [9.17, 15) is 9.59 Å². The number of aliphatic hydroxyl groups excluding tert-OH is 1. The molecule has 3 atom stereocenters. The smallest absolute Gasteiger partial charge is 0.326 e. The van der Waals surface area contributed by atoms with Crippen molar-refractivity contribution >= 4 is 12.0 Å². The van der Waals surface area contributed by atoms with Crippen molar-refractivity contribution in [2.75, 3.05) is 13.2 Å². The molecule has 0 aromatic rings. The maximum Gasteiger partial charge on any atom is 0.326 e. The lowest BCUT2D eigenvalue weighted by molar-refractivity contribution is -0.139. The van der Waals surface area contributed by atoms with Crippen LogP contribution in [0.4, 0.5) is 4.79 Å². The van der Waals surface area contributed by atoms with E-state index in [1.165, 1.54) is 6.42 Å². The molecule has 6 heteroatoms. The van der Waals surface area contributed by atoms with Gasteiger partial charge in [-0.05, 0) is 24.7 Å². The molecule has 0 aromatic heterocycles. The summed E-state index contributed by atoms with van der Waals surface area (Å²) in [6, 6.07) is -1.51. The summed E-state index contributed by atoms with van der Waals surface area (Å²) in [6.45, 7) is 2.51. The van der Waals surface area contributed by atoms with Crippen LogP contribution >= 0.6 is 0 Å². The minimum absolute atomic E-state index is 0.0171. The predicted molar refractivity (Wildman–Crippen MR) is 66.2 cm³/mol. The van der Waals surface area contributed by atoms with Crippen LogP contribution in [0.1, 0.15) is 32.6 Å². The van der Waals surface area contributed by atoms with Gasteiger partial charge in [-0.1, -0.05) is 13.3 Å². The summed E-state index contributed by atoms with van der Waals surface area (Å²) in [4.78, 5) is 22.3. The largest absolute Gasteiger partial charge is 0.480 e. The van der Waals surface area contributed by atoms with Crippen molar-refractivity contribution in [1.82, 2.24) is 10.6 Å². The van der Waals surface area contributed by atoms with Gasteiger partial charge in [0.15, 0.2) is 0 Å². The number of aliphatic hydroxyl groups is 1. The fraction of sp³-hybridized carbons (Fsp3) is 0.833. The minimum atomic E-state index is -1.13. The molecule has 6 nitrogen and oxygen atoms in total. The third kappa shape index (κ3) is 4.91. The summed E-state index contributed by atoms with van der Waals surface area (Å²) in [7, 11) is 0. The summed E-state index contributed by atoms with van der Waals surface area (Å²) in [5.74, 6) is 0.0709. The zero-order valence-electron chi connectivity index (χ0n) is 10.7. The van der Waals surface area contributed by atoms with Gasteiger partial charge in [-0.15, -0.1) is 0 Å². The minimum Gasteiger partial charge on any atom is -0.480 e. The third-order valence-corrected chi connectivity index (χ3v) is 3.38. The van der Waals surface area contributed by atoms with E-state index >= 15 is 0 Å². The van der Waals surface area contributed by atoms with Crippen molar-refractivity contribution in [2.45, 2.75) is 38.6 Å². The molecule has 18 heavy (non-hydrogen) atoms. The molecule has 2 unspecified atom stereocenters. The molecule has 0 aromatic carbocycles. The van der Waals surface area contributed by atoms with Crippen LogP contribution in [0.15, 0.2) is 0 Å². The first-order chi connectivity index (χ1) is 8.52. The first-order valence-electron chi connectivity index (χ1n) is 6.41. The zero-order chi connectivity index (χ0) is 13.5. The Morgan fingerprint density at radius 2 is 2.11 bits per heavy atom. The Hall–Kier alpha value is -1.30. The maximum atomic E-state index is 11.5. The topological polar surface area (TPSA) is 98.7 Å². The van der Waals surface area contributed by atoms with Gasteiger partial charge in [0.05, 0.1) is 0 Å². The Labute approximate surface area is 107 Å². The van der Waals surface area contributed by atoms with Crippen LogP contribution in [0, 0.1) is 11.8 Å². The summed E-state index contributed by atoms with van der Waals surface area (Å²) in [5.41, 5.74) is 0. The molecule has 1 aliphatic rings. The second-order valence-electron chi connectivity index (χ2n) is 5.04. The van der Waals surface area contributed by atoms with E-state index in [-0.39, 0.29) is 13.0 Å². The predicted octanol–water partition coefficient (Wildman–Crippen LogP) is 0.557. The Bertz CT molecular complexity index is 296. The molecule has 0 aliphatic heterocycles. The number of urea groups is 1. The molecular formula is C12H22N2O4. The number of carboxylic acids is 1. The molecule has 1 saturated carbocycles. The number of amides is 2. The number of hydrogen-bond acceptors (Lipinski definition) is 3. The average molecular weight is 258 g/mol. The van der Waals surface area contributed by atoms with Crippen molar-refractivity contribution in [3.8, 4) is 0 Å². The van der Waals surface area contributed by atoms with E-state index in [1.807, 2.05) is 0 Å². The normalized spacial score (nSPS) is 24.6. The third-order valence-electron chi connectivity index (χ3n) is 3.38. The van der Waals surface area contributed by atoms with Crippen LogP contribution in [0.25, 0.3) is 0 Å². The van der Waals surface area contributed by atoms with Crippen molar-refractivity contribution in [2.24, 2.45) is 11.8 Å². The summed E-state index contributed by atoms with van der Waals surface area (Å²) >= 11 is 0. The van der Waals surface area contributed by atoms with Crippen LogP contribution in [0.5, 0.6) is 0 Å². The molecule has 0 bridgehead atoms. The molecule has 1 rings (SSSR count). The maximum absolute atomic E-state index is 11.5. The fourth-order valence-corrected chi connectivity index (χ4v) is 2.34.